The summed E-state index contributed by atoms with van der Waals surface area (Å²) in [6.45, 7) is 3.05. The summed E-state index contributed by atoms with van der Waals surface area (Å²) in [7, 11) is 0. The van der Waals surface area contributed by atoms with Crippen LogP contribution in [0.25, 0.3) is 0 Å². The van der Waals surface area contributed by atoms with Crippen LogP contribution in [0.4, 0.5) is 10.5 Å². The van der Waals surface area contributed by atoms with Crippen LogP contribution < -0.4 is 5.32 Å². The summed E-state index contributed by atoms with van der Waals surface area (Å²) < 4.78 is 0. The number of ketones is 1. The van der Waals surface area contributed by atoms with Gasteiger partial charge in [0.15, 0.2) is 0 Å². The minimum atomic E-state index is -0.124. The summed E-state index contributed by atoms with van der Waals surface area (Å²) in [5.74, 6) is 0.240. The number of piperidine rings is 1. The molecule has 0 spiro atoms. The number of carbonyl (C=O) groups excluding carboxylic acids is 2. The molecule has 0 aliphatic carbocycles. The molecule has 1 heterocycles. The van der Waals surface area contributed by atoms with Crippen molar-refractivity contribution in [3.63, 3.8) is 0 Å². The second kappa shape index (κ2) is 4.99. The molecule has 1 aliphatic heterocycles. The van der Waals surface area contributed by atoms with Gasteiger partial charge in [0.2, 0.25) is 0 Å². The van der Waals surface area contributed by atoms with E-state index in [2.05, 4.69) is 5.32 Å². The summed E-state index contributed by atoms with van der Waals surface area (Å²) in [4.78, 5) is 24.6. The monoisotopic (exact) mass is 232 g/mol. The van der Waals surface area contributed by atoms with Gasteiger partial charge in [-0.25, -0.2) is 4.79 Å². The highest BCUT2D eigenvalue weighted by Crippen LogP contribution is 2.12. The number of nitrogens with zero attached hydrogens (tertiary/aromatic N) is 1. The fraction of sp³-hybridized carbons (Fsp3) is 0.385. The molecular weight excluding hydrogens is 216 g/mol. The molecule has 4 heteroatoms. The first-order chi connectivity index (χ1) is 8.15. The van der Waals surface area contributed by atoms with Crippen LogP contribution in [0.1, 0.15) is 18.4 Å². The van der Waals surface area contributed by atoms with E-state index in [1.807, 2.05) is 31.2 Å². The van der Waals surface area contributed by atoms with Crippen LogP contribution in [0.15, 0.2) is 24.3 Å². The van der Waals surface area contributed by atoms with Gasteiger partial charge < -0.3 is 10.2 Å². The van der Waals surface area contributed by atoms with Crippen molar-refractivity contribution in [3.8, 4) is 0 Å². The summed E-state index contributed by atoms with van der Waals surface area (Å²) in [5.41, 5.74) is 1.95. The van der Waals surface area contributed by atoms with E-state index < -0.39 is 0 Å². The average Bonchev–Trinajstić information content (AvgIpc) is 2.33. The number of urea groups is 1. The molecule has 1 aromatic carbocycles. The molecule has 0 unspecified atom stereocenters. The third-order valence-electron chi connectivity index (χ3n) is 2.91. The van der Waals surface area contributed by atoms with Gasteiger partial charge in [0, 0.05) is 31.6 Å². The highest BCUT2D eigenvalue weighted by Gasteiger charge is 2.20. The predicted molar refractivity (Wildman–Crippen MR) is 66.0 cm³/mol. The van der Waals surface area contributed by atoms with Crippen molar-refractivity contribution in [3.05, 3.63) is 29.8 Å². The Morgan fingerprint density at radius 1 is 1.18 bits per heavy atom. The van der Waals surface area contributed by atoms with Crippen molar-refractivity contribution < 1.29 is 9.59 Å². The van der Waals surface area contributed by atoms with Gasteiger partial charge in [-0.3, -0.25) is 4.79 Å². The lowest BCUT2D eigenvalue weighted by Gasteiger charge is -2.26. The van der Waals surface area contributed by atoms with Gasteiger partial charge in [-0.15, -0.1) is 0 Å². The first-order valence-corrected chi connectivity index (χ1v) is 5.79. The minimum absolute atomic E-state index is 0.124. The zero-order valence-corrected chi connectivity index (χ0v) is 9.90. The number of benzene rings is 1. The standard InChI is InChI=1S/C13H16N2O2/c1-10-2-4-11(5-3-10)14-13(17)15-8-6-12(16)7-9-15/h2-5H,6-9H2,1H3,(H,14,17). The Kier molecular flexibility index (Phi) is 3.42. The lowest BCUT2D eigenvalue weighted by atomic mass is 10.1. The molecule has 0 bridgehead atoms. The highest BCUT2D eigenvalue weighted by atomic mass is 16.2. The summed E-state index contributed by atoms with van der Waals surface area (Å²) in [5, 5.41) is 2.83. The summed E-state index contributed by atoms with van der Waals surface area (Å²) in [6, 6.07) is 7.54. The molecule has 0 radical (unpaired) electrons. The number of aryl methyl sites for hydroxylation is 1. The molecule has 1 saturated heterocycles. The SMILES string of the molecule is Cc1ccc(NC(=O)N2CCC(=O)CC2)cc1. The van der Waals surface area contributed by atoms with E-state index in [1.165, 1.54) is 0 Å². The molecular formula is C13H16N2O2. The Labute approximate surface area is 101 Å². The van der Waals surface area contributed by atoms with Gasteiger partial charge in [0.25, 0.3) is 0 Å². The van der Waals surface area contributed by atoms with Crippen LogP contribution in [0.2, 0.25) is 0 Å². The average molecular weight is 232 g/mol. The second-order valence-electron chi connectivity index (χ2n) is 4.32. The number of likely N-dealkylation sites (tertiary alicyclic amines) is 1. The van der Waals surface area contributed by atoms with E-state index in [9.17, 15) is 9.59 Å². The van der Waals surface area contributed by atoms with E-state index in [-0.39, 0.29) is 11.8 Å². The molecule has 2 amide bonds. The molecule has 1 N–H and O–H groups in total. The Morgan fingerprint density at radius 3 is 2.35 bits per heavy atom. The van der Waals surface area contributed by atoms with Crippen LogP contribution >= 0.6 is 0 Å². The molecule has 0 aromatic heterocycles. The normalized spacial score (nSPS) is 15.8. The molecule has 1 aliphatic rings. The van der Waals surface area contributed by atoms with Crippen molar-refractivity contribution in [2.75, 3.05) is 18.4 Å². The maximum atomic E-state index is 11.9. The number of amides is 2. The molecule has 1 aromatic rings. The van der Waals surface area contributed by atoms with E-state index >= 15 is 0 Å². The molecule has 0 atom stereocenters. The van der Waals surface area contributed by atoms with Gasteiger partial charge >= 0.3 is 6.03 Å². The Balaban J connectivity index is 1.92. The van der Waals surface area contributed by atoms with E-state index in [1.54, 1.807) is 4.90 Å². The number of hydrogen-bond donors (Lipinski definition) is 1. The second-order valence-corrected chi connectivity index (χ2v) is 4.32. The fourth-order valence-corrected chi connectivity index (χ4v) is 1.80. The van der Waals surface area contributed by atoms with Crippen LogP contribution in [-0.4, -0.2) is 29.8 Å². The molecule has 2 rings (SSSR count). The van der Waals surface area contributed by atoms with E-state index in [0.29, 0.717) is 25.9 Å². The predicted octanol–water partition coefficient (Wildman–Crippen LogP) is 2.19. The van der Waals surface area contributed by atoms with Crippen LogP contribution in [0.3, 0.4) is 0 Å². The molecule has 90 valence electrons. The summed E-state index contributed by atoms with van der Waals surface area (Å²) in [6.07, 6.45) is 0.947. The maximum Gasteiger partial charge on any atom is 0.321 e. The van der Waals surface area contributed by atoms with Crippen molar-refractivity contribution >= 4 is 17.5 Å². The minimum Gasteiger partial charge on any atom is -0.324 e. The first-order valence-electron chi connectivity index (χ1n) is 5.79. The van der Waals surface area contributed by atoms with Gasteiger partial charge in [-0.05, 0) is 19.1 Å². The lowest BCUT2D eigenvalue weighted by molar-refractivity contribution is -0.120. The Hall–Kier alpha value is -1.84. The topological polar surface area (TPSA) is 49.4 Å². The molecule has 4 nitrogen and oxygen atoms in total. The van der Waals surface area contributed by atoms with Crippen molar-refractivity contribution in [1.82, 2.24) is 4.90 Å². The molecule has 0 saturated carbocycles. The van der Waals surface area contributed by atoms with Gasteiger partial charge in [-0.1, -0.05) is 17.7 Å². The first kappa shape index (κ1) is 11.6. The number of Topliss-reactive ketones (excluding diaryl/α,β-unsaturated/α-hetero) is 1. The maximum absolute atomic E-state index is 11.9. The van der Waals surface area contributed by atoms with E-state index in [4.69, 9.17) is 0 Å². The smallest absolute Gasteiger partial charge is 0.321 e. The van der Waals surface area contributed by atoms with Gasteiger partial charge in [0.05, 0.1) is 0 Å². The third kappa shape index (κ3) is 3.06. The largest absolute Gasteiger partial charge is 0.324 e. The number of rotatable bonds is 1. The van der Waals surface area contributed by atoms with Crippen molar-refractivity contribution in [2.24, 2.45) is 0 Å². The number of nitrogens with one attached hydrogen (secondary N) is 1. The highest BCUT2D eigenvalue weighted by molar-refractivity contribution is 5.91. The zero-order valence-electron chi connectivity index (χ0n) is 9.90. The van der Waals surface area contributed by atoms with E-state index in [0.717, 1.165) is 11.3 Å². The van der Waals surface area contributed by atoms with Crippen LogP contribution in [0.5, 0.6) is 0 Å². The van der Waals surface area contributed by atoms with Crippen LogP contribution in [0, 0.1) is 6.92 Å². The third-order valence-corrected chi connectivity index (χ3v) is 2.91. The Morgan fingerprint density at radius 2 is 1.76 bits per heavy atom. The number of anilines is 1. The Bertz CT molecular complexity index is 416. The van der Waals surface area contributed by atoms with Crippen molar-refractivity contribution in [1.29, 1.82) is 0 Å². The van der Waals surface area contributed by atoms with Gasteiger partial charge in [0.1, 0.15) is 5.78 Å². The summed E-state index contributed by atoms with van der Waals surface area (Å²) >= 11 is 0. The number of hydrogen-bond acceptors (Lipinski definition) is 2. The van der Waals surface area contributed by atoms with Crippen molar-refractivity contribution in [2.45, 2.75) is 19.8 Å². The molecule has 1 fully saturated rings. The number of carbonyl (C=O) groups is 2. The van der Waals surface area contributed by atoms with Crippen LogP contribution in [-0.2, 0) is 4.79 Å². The fourth-order valence-electron chi connectivity index (χ4n) is 1.80. The quantitative estimate of drug-likeness (QED) is 0.806. The lowest BCUT2D eigenvalue weighted by Crippen LogP contribution is -2.41. The molecule has 17 heavy (non-hydrogen) atoms. The van der Waals surface area contributed by atoms with Gasteiger partial charge in [-0.2, -0.15) is 0 Å². The zero-order chi connectivity index (χ0) is 12.3.